The molecule has 10 nitrogen and oxygen atoms in total. The van der Waals surface area contributed by atoms with Crippen LogP contribution in [0.4, 0.5) is 102 Å². The molecule has 0 amide bonds. The van der Waals surface area contributed by atoms with Gasteiger partial charge in [0.15, 0.2) is 0 Å². The molecular weight excluding hydrogens is 1320 g/mol. The van der Waals surface area contributed by atoms with Crippen LogP contribution in [0.15, 0.2) is 170 Å². The fourth-order valence-electron chi connectivity index (χ4n) is 11.3. The normalized spacial score (nSPS) is 18.9. The summed E-state index contributed by atoms with van der Waals surface area (Å²) >= 11 is -3.41. The van der Waals surface area contributed by atoms with Crippen LogP contribution in [0.2, 0.25) is 0 Å². The molecule has 0 aromatic heterocycles. The van der Waals surface area contributed by atoms with E-state index in [1.165, 1.54) is 19.6 Å². The molecule has 390 valence electrons. The first kappa shape index (κ1) is 36.0. The zero-order valence-corrected chi connectivity index (χ0v) is 46.8. The standard InChI is InChI=1S/C66H52N10.2Pt/c1-45-46(2)66(76(55-27-19-23-51(39-55)73-43-69(7)59-31-11-15-35-63(59)73)56-28-20-24-52(40-56)74-44-70(8)60-32-12-16-36-64(60)74)48(4)47(3)65(45)75(53-25-17-21-49(37-53)71-41-67(5)57-29-9-13-33-61(57)71)54-26-18-22-50(38-54)72-42-68(6)58-30-10-14-34-62(58)72;;/h9-36H,1-8H3;;/q-4;;/i5D3,6D3,7D3,8D3;;. The van der Waals surface area contributed by atoms with Gasteiger partial charge in [-0.15, -0.1) is 0 Å². The molecule has 0 saturated carbocycles. The second-order valence-corrected chi connectivity index (χ2v) is 24.5. The van der Waals surface area contributed by atoms with Gasteiger partial charge in [-0.2, -0.15) is 0 Å². The summed E-state index contributed by atoms with van der Waals surface area (Å²) in [5, 5.41) is 0. The predicted molar refractivity (Wildman–Crippen MR) is 318 cm³/mol. The fraction of sp³-hybridized carbons (Fsp3) is 0.121. The second kappa shape index (κ2) is 17.7. The van der Waals surface area contributed by atoms with Crippen molar-refractivity contribution in [1.82, 2.24) is 0 Å². The van der Waals surface area contributed by atoms with Crippen LogP contribution in [0.25, 0.3) is 0 Å². The van der Waals surface area contributed by atoms with Gasteiger partial charge >= 0.3 is 492 Å². The van der Waals surface area contributed by atoms with E-state index in [0.29, 0.717) is 108 Å². The number of fused-ring (bicyclic) bond motifs is 24. The number of nitrogens with zero attached hydrogens (tertiary/aromatic N) is 10. The van der Waals surface area contributed by atoms with Gasteiger partial charge in [-0.05, 0) is 0 Å². The van der Waals surface area contributed by atoms with Crippen molar-refractivity contribution in [2.45, 2.75) is 27.7 Å². The Morgan fingerprint density at radius 2 is 0.474 bits per heavy atom. The van der Waals surface area contributed by atoms with Gasteiger partial charge in [-0.25, -0.2) is 0 Å². The Hall–Kier alpha value is -8.16. The van der Waals surface area contributed by atoms with Crippen molar-refractivity contribution in [2.24, 2.45) is 0 Å². The van der Waals surface area contributed by atoms with Crippen molar-refractivity contribution >= 4 is 119 Å². The first-order chi connectivity index (χ1) is 42.9. The Morgan fingerprint density at radius 3 is 0.692 bits per heavy atom. The summed E-state index contributed by atoms with van der Waals surface area (Å²) in [4.78, 5) is 17.5. The summed E-state index contributed by atoms with van der Waals surface area (Å²) < 4.78 is 111. The third kappa shape index (κ3) is 6.75. The monoisotopic (exact) mass is 1390 g/mol. The van der Waals surface area contributed by atoms with Gasteiger partial charge in [0.25, 0.3) is 0 Å². The number of rotatable bonds is 2. The molecule has 12 heteroatoms. The molecule has 78 heavy (non-hydrogen) atoms. The Bertz CT molecular complexity index is 4130. The van der Waals surface area contributed by atoms with Crippen molar-refractivity contribution in [2.75, 3.05) is 76.9 Å². The van der Waals surface area contributed by atoms with Crippen LogP contribution in [0.5, 0.6) is 0 Å². The van der Waals surface area contributed by atoms with E-state index in [1.807, 2.05) is 165 Å². The van der Waals surface area contributed by atoms with Crippen LogP contribution >= 0.6 is 0 Å². The number of anilines is 18. The van der Waals surface area contributed by atoms with Gasteiger partial charge in [0.2, 0.25) is 0 Å². The average Bonchev–Trinajstić information content (AvgIpc) is 1.54. The molecule has 6 heterocycles. The van der Waals surface area contributed by atoms with Crippen molar-refractivity contribution in [3.05, 3.63) is 216 Å². The van der Waals surface area contributed by atoms with Crippen LogP contribution in [0, 0.1) is 52.0 Å². The Balaban J connectivity index is 0.978. The van der Waals surface area contributed by atoms with Crippen molar-refractivity contribution < 1.29 is 51.7 Å². The van der Waals surface area contributed by atoms with E-state index in [9.17, 15) is 0 Å². The maximum atomic E-state index is 9.09. The summed E-state index contributed by atoms with van der Waals surface area (Å²) in [6.07, 6.45) is 0. The van der Waals surface area contributed by atoms with Gasteiger partial charge in [-0.1, -0.05) is 0 Å². The minimum absolute atomic E-state index is 0.420. The summed E-state index contributed by atoms with van der Waals surface area (Å²) in [6.45, 7) is -2.36. The van der Waals surface area contributed by atoms with Gasteiger partial charge in [0.1, 0.15) is 0 Å². The molecule has 0 unspecified atom stereocenters. The molecule has 9 aromatic rings. The molecule has 0 saturated heterocycles. The van der Waals surface area contributed by atoms with Crippen LogP contribution in [-0.4, -0.2) is 44.5 Å². The summed E-state index contributed by atoms with van der Waals surface area (Å²) in [7, 11) is 0. The molecule has 0 spiro atoms. The van der Waals surface area contributed by atoms with E-state index < -0.39 is 63.2 Å². The van der Waals surface area contributed by atoms with Gasteiger partial charge in [0, 0.05) is 0 Å². The molecule has 15 rings (SSSR count). The van der Waals surface area contributed by atoms with E-state index in [2.05, 4.69) is 61.8 Å². The van der Waals surface area contributed by atoms with Gasteiger partial charge in [-0.3, -0.25) is 0 Å². The van der Waals surface area contributed by atoms with E-state index >= 15 is 0 Å². The van der Waals surface area contributed by atoms with Crippen LogP contribution in [0.3, 0.4) is 0 Å². The zero-order valence-electron chi connectivity index (χ0n) is 54.3. The van der Waals surface area contributed by atoms with Crippen LogP contribution < -0.4 is 49.0 Å². The Labute approximate surface area is 489 Å². The molecule has 0 atom stereocenters. The van der Waals surface area contributed by atoms with E-state index in [-0.39, 0.29) is 0 Å². The zero-order chi connectivity index (χ0) is 62.8. The second-order valence-electron chi connectivity index (χ2n) is 19.3. The number of hydrogen-bond acceptors (Lipinski definition) is 10. The Morgan fingerprint density at radius 1 is 0.269 bits per heavy atom. The molecule has 9 aromatic carbocycles. The number of hydrogen-bond donors (Lipinski definition) is 0. The minimum atomic E-state index is -2.67. The molecule has 0 radical (unpaired) electrons. The molecule has 6 aliphatic heterocycles. The van der Waals surface area contributed by atoms with Crippen molar-refractivity contribution in [3.63, 3.8) is 0 Å². The van der Waals surface area contributed by atoms with E-state index in [1.54, 1.807) is 24.3 Å². The third-order valence-corrected chi connectivity index (χ3v) is 21.2. The molecule has 0 N–H and O–H groups in total. The number of benzene rings is 9. The SMILES string of the molecule is [2H]C([2H])([2H])N1[C]2=[Pt]=[C]3N(c4[c-]c(ccc4)N(c4c(C)c(C)c(N5c6[c-]c(ccc6)N6[C](=[Pt]=[C]7N(c8[c-]c5ccc8)c5ccccc5N7C([2H])([2H])[2H])N(C([2H])([2H])[2H])c5ccccc56)c(C)c4C)c4[c-]c(ccc4)N2c2ccccc21)c1ccccc1N3C([2H])([2H])[2H]. The maximum absolute atomic E-state index is 9.09. The first-order valence-corrected chi connectivity index (χ1v) is 29.7. The Kier molecular flexibility index (Phi) is 8.17. The fourth-order valence-corrected chi connectivity index (χ4v) is 17.5. The van der Waals surface area contributed by atoms with Gasteiger partial charge < -0.3 is 0 Å². The summed E-state index contributed by atoms with van der Waals surface area (Å²) in [6, 6.07) is 67.8. The van der Waals surface area contributed by atoms with E-state index in [0.717, 1.165) is 33.6 Å². The van der Waals surface area contributed by atoms with Crippen LogP contribution in [0.1, 0.15) is 38.7 Å². The summed E-state index contributed by atoms with van der Waals surface area (Å²) in [5.41, 5.74) is 14.1. The molecule has 8 bridgehead atoms. The average molecular weight is 1390 g/mol. The van der Waals surface area contributed by atoms with Crippen LogP contribution in [-0.2, 0) is 35.3 Å². The topological polar surface area (TPSA) is 32.4 Å². The first-order valence-electron chi connectivity index (χ1n) is 31.1. The quantitative estimate of drug-likeness (QED) is 0.156. The number of para-hydroxylation sites is 8. The van der Waals surface area contributed by atoms with E-state index in [4.69, 9.17) is 16.4 Å². The van der Waals surface area contributed by atoms with Crippen molar-refractivity contribution in [1.29, 1.82) is 0 Å². The van der Waals surface area contributed by atoms with Crippen molar-refractivity contribution in [3.8, 4) is 0 Å². The van der Waals surface area contributed by atoms with Gasteiger partial charge in [0.05, 0.1) is 0 Å². The molecule has 0 fully saturated rings. The molecular formula is C66H52N10Pt2-4. The summed E-state index contributed by atoms with van der Waals surface area (Å²) in [5.74, 6) is 0. The third-order valence-electron chi connectivity index (χ3n) is 15.1. The predicted octanol–water partition coefficient (Wildman–Crippen LogP) is 14.0. The molecule has 0 aliphatic carbocycles. The molecule has 6 aliphatic rings.